The van der Waals surface area contributed by atoms with Gasteiger partial charge in [0.15, 0.2) is 5.78 Å². The predicted molar refractivity (Wildman–Crippen MR) is 66.1 cm³/mol. The van der Waals surface area contributed by atoms with Crippen molar-refractivity contribution in [3.63, 3.8) is 0 Å². The maximum absolute atomic E-state index is 11.1. The van der Waals surface area contributed by atoms with Gasteiger partial charge in [-0.1, -0.05) is 12.1 Å². The third-order valence-corrected chi connectivity index (χ3v) is 4.76. The van der Waals surface area contributed by atoms with Crippen molar-refractivity contribution in [3.05, 3.63) is 31.8 Å². The van der Waals surface area contributed by atoms with Crippen LogP contribution in [0.4, 0.5) is 0 Å². The fourth-order valence-corrected chi connectivity index (χ4v) is 2.35. The third-order valence-electron chi connectivity index (χ3n) is 1.61. The average molecular weight is 373 g/mol. The minimum atomic E-state index is -0.538. The summed E-state index contributed by atoms with van der Waals surface area (Å²) in [5, 5.41) is -0.538. The number of hydrogen-bond acceptors (Lipinski definition) is 1. The van der Waals surface area contributed by atoms with E-state index in [0.717, 1.165) is 13.6 Å². The summed E-state index contributed by atoms with van der Waals surface area (Å²) in [6, 6.07) is 5.67. The fourth-order valence-electron chi connectivity index (χ4n) is 0.935. The smallest absolute Gasteiger partial charge is 0.152 e. The summed E-state index contributed by atoms with van der Waals surface area (Å²) in [6.45, 7) is 1.49. The summed E-state index contributed by atoms with van der Waals surface area (Å²) in [7, 11) is 0. The van der Waals surface area contributed by atoms with Crippen LogP contribution >= 0.6 is 50.1 Å². The van der Waals surface area contributed by atoms with E-state index in [-0.39, 0.29) is 5.78 Å². The summed E-state index contributed by atoms with van der Waals surface area (Å²) >= 11 is 11.5. The van der Waals surface area contributed by atoms with Gasteiger partial charge in [0.2, 0.25) is 0 Å². The second-order valence-corrected chi connectivity index (χ2v) is 4.99. The Hall–Kier alpha value is 0.390. The van der Waals surface area contributed by atoms with Gasteiger partial charge in [0, 0.05) is 8.04 Å². The number of carbonyl (C=O) groups is 1. The van der Waals surface area contributed by atoms with Crippen molar-refractivity contribution in [1.29, 1.82) is 0 Å². The lowest BCUT2D eigenvalue weighted by Crippen LogP contribution is -2.03. The summed E-state index contributed by atoms with van der Waals surface area (Å²) in [4.78, 5) is 11.1. The largest absolute Gasteiger partial charge is 0.298 e. The molecule has 0 fully saturated rings. The first-order valence-corrected chi connectivity index (χ1v) is 5.93. The number of benzene rings is 1. The van der Waals surface area contributed by atoms with Gasteiger partial charge in [-0.05, 0) is 57.1 Å². The fraction of sp³-hybridized carbons (Fsp3) is 0.222. The molecular formula is C9H7BrClIO. The van der Waals surface area contributed by atoms with Gasteiger partial charge in [0.25, 0.3) is 0 Å². The van der Waals surface area contributed by atoms with E-state index in [1.54, 1.807) is 0 Å². The van der Waals surface area contributed by atoms with Crippen molar-refractivity contribution in [1.82, 2.24) is 0 Å². The van der Waals surface area contributed by atoms with Crippen molar-refractivity contribution < 1.29 is 4.79 Å². The average Bonchev–Trinajstić information content (AvgIpc) is 2.08. The molecule has 1 atom stereocenters. The molecule has 1 unspecified atom stereocenters. The zero-order valence-electron chi connectivity index (χ0n) is 6.85. The first kappa shape index (κ1) is 11.5. The molecule has 0 aliphatic rings. The van der Waals surface area contributed by atoms with E-state index < -0.39 is 5.38 Å². The molecule has 1 rings (SSSR count). The zero-order chi connectivity index (χ0) is 10.0. The molecule has 0 aliphatic heterocycles. The molecule has 1 aromatic rings. The van der Waals surface area contributed by atoms with Crippen molar-refractivity contribution in [2.75, 3.05) is 0 Å². The van der Waals surface area contributed by atoms with Gasteiger partial charge in [0.1, 0.15) is 5.38 Å². The molecule has 1 aromatic carbocycles. The number of carbonyl (C=O) groups excluding carboxylic acids is 1. The predicted octanol–water partition coefficient (Wildman–Crippen LogP) is 3.92. The number of halogens is 3. The summed E-state index contributed by atoms with van der Waals surface area (Å²) in [5.41, 5.74) is 0.865. The van der Waals surface area contributed by atoms with Crippen LogP contribution in [0.25, 0.3) is 0 Å². The quantitative estimate of drug-likeness (QED) is 0.567. The maximum atomic E-state index is 11.1. The molecular weight excluding hydrogens is 366 g/mol. The van der Waals surface area contributed by atoms with Gasteiger partial charge < -0.3 is 0 Å². The van der Waals surface area contributed by atoms with Crippen molar-refractivity contribution >= 4 is 55.9 Å². The van der Waals surface area contributed by atoms with Crippen LogP contribution in [-0.4, -0.2) is 5.78 Å². The van der Waals surface area contributed by atoms with E-state index in [1.807, 2.05) is 18.2 Å². The second-order valence-electron chi connectivity index (χ2n) is 2.62. The van der Waals surface area contributed by atoms with Crippen molar-refractivity contribution in [2.45, 2.75) is 12.3 Å². The first-order valence-electron chi connectivity index (χ1n) is 3.62. The van der Waals surface area contributed by atoms with Gasteiger partial charge in [0.05, 0.1) is 0 Å². The summed E-state index contributed by atoms with van der Waals surface area (Å²) < 4.78 is 1.97. The van der Waals surface area contributed by atoms with Gasteiger partial charge in [-0.3, -0.25) is 4.79 Å². The van der Waals surface area contributed by atoms with Crippen LogP contribution in [0.5, 0.6) is 0 Å². The highest BCUT2D eigenvalue weighted by atomic mass is 127. The molecule has 4 heteroatoms. The van der Waals surface area contributed by atoms with E-state index >= 15 is 0 Å². The molecule has 0 amide bonds. The van der Waals surface area contributed by atoms with Crippen molar-refractivity contribution in [2.24, 2.45) is 0 Å². The number of hydrogen-bond donors (Lipinski definition) is 0. The molecule has 0 spiro atoms. The Bertz CT molecular complexity index is 340. The lowest BCUT2D eigenvalue weighted by atomic mass is 10.1. The molecule has 0 aromatic heterocycles. The third kappa shape index (κ3) is 2.67. The lowest BCUT2D eigenvalue weighted by molar-refractivity contribution is -0.116. The van der Waals surface area contributed by atoms with Crippen LogP contribution in [0.3, 0.4) is 0 Å². The van der Waals surface area contributed by atoms with Gasteiger partial charge in [-0.2, -0.15) is 0 Å². The van der Waals surface area contributed by atoms with Crippen LogP contribution in [0.15, 0.2) is 22.7 Å². The molecule has 0 bridgehead atoms. The Balaban J connectivity index is 3.15. The number of rotatable bonds is 2. The number of ketones is 1. The van der Waals surface area contributed by atoms with Crippen LogP contribution in [0.2, 0.25) is 0 Å². The van der Waals surface area contributed by atoms with Crippen LogP contribution in [0.1, 0.15) is 17.9 Å². The van der Waals surface area contributed by atoms with E-state index in [2.05, 4.69) is 38.5 Å². The SMILES string of the molecule is CC(=O)C(Cl)c1cccc(Br)c1I. The van der Waals surface area contributed by atoms with Crippen LogP contribution < -0.4 is 0 Å². The Morgan fingerprint density at radius 1 is 1.62 bits per heavy atom. The Morgan fingerprint density at radius 3 is 2.77 bits per heavy atom. The minimum Gasteiger partial charge on any atom is -0.298 e. The molecule has 13 heavy (non-hydrogen) atoms. The lowest BCUT2D eigenvalue weighted by Gasteiger charge is -2.09. The molecule has 0 heterocycles. The van der Waals surface area contributed by atoms with Gasteiger partial charge >= 0.3 is 0 Å². The zero-order valence-corrected chi connectivity index (χ0v) is 11.4. The standard InChI is InChI=1S/C9H7BrClIO/c1-5(13)8(11)6-3-2-4-7(10)9(6)12/h2-4,8H,1H3. The Kier molecular flexibility index (Phi) is 4.19. The van der Waals surface area contributed by atoms with E-state index in [4.69, 9.17) is 11.6 Å². The summed E-state index contributed by atoms with van der Waals surface area (Å²) in [5.74, 6) is -0.0299. The minimum absolute atomic E-state index is 0.0299. The topological polar surface area (TPSA) is 17.1 Å². The maximum Gasteiger partial charge on any atom is 0.152 e. The summed E-state index contributed by atoms with van der Waals surface area (Å²) in [6.07, 6.45) is 0. The van der Waals surface area contributed by atoms with E-state index in [0.29, 0.717) is 0 Å². The van der Waals surface area contributed by atoms with Crippen LogP contribution in [0, 0.1) is 3.57 Å². The molecule has 0 aliphatic carbocycles. The highest BCUT2D eigenvalue weighted by molar-refractivity contribution is 14.1. The van der Waals surface area contributed by atoms with Gasteiger partial charge in [-0.15, -0.1) is 11.6 Å². The first-order chi connectivity index (χ1) is 6.04. The van der Waals surface area contributed by atoms with Crippen molar-refractivity contribution in [3.8, 4) is 0 Å². The Labute approximate surface area is 104 Å². The normalized spacial score (nSPS) is 12.6. The molecule has 0 N–H and O–H groups in total. The van der Waals surface area contributed by atoms with Gasteiger partial charge in [-0.25, -0.2) is 0 Å². The number of Topliss-reactive ketones (excluding diaryl/α,β-unsaturated/α-hetero) is 1. The molecule has 0 saturated heterocycles. The number of alkyl halides is 1. The molecule has 70 valence electrons. The van der Waals surface area contributed by atoms with E-state index in [9.17, 15) is 4.79 Å². The highest BCUT2D eigenvalue weighted by Gasteiger charge is 2.16. The monoisotopic (exact) mass is 372 g/mol. The molecule has 1 nitrogen and oxygen atoms in total. The highest BCUT2D eigenvalue weighted by Crippen LogP contribution is 2.30. The van der Waals surface area contributed by atoms with Crippen LogP contribution in [-0.2, 0) is 4.79 Å². The van der Waals surface area contributed by atoms with E-state index in [1.165, 1.54) is 6.92 Å². The molecule has 0 radical (unpaired) electrons. The Morgan fingerprint density at radius 2 is 2.23 bits per heavy atom. The second kappa shape index (κ2) is 4.75. The molecule has 0 saturated carbocycles.